The second kappa shape index (κ2) is 8.91. The number of anilines is 2. The molecule has 0 bridgehead atoms. The molecule has 10 heteroatoms. The van der Waals surface area contributed by atoms with Gasteiger partial charge in [0.25, 0.3) is 15.9 Å². The first-order valence-electron chi connectivity index (χ1n) is 9.31. The van der Waals surface area contributed by atoms with Gasteiger partial charge in [-0.25, -0.2) is 8.42 Å². The highest BCUT2D eigenvalue weighted by Crippen LogP contribution is 2.25. The van der Waals surface area contributed by atoms with Gasteiger partial charge in [-0.05, 0) is 73.5 Å². The van der Waals surface area contributed by atoms with Gasteiger partial charge < -0.3 is 10.1 Å². The number of alkyl halides is 3. The number of hydrogen-bond acceptors (Lipinski definition) is 4. The quantitative estimate of drug-likeness (QED) is 0.522. The van der Waals surface area contributed by atoms with Gasteiger partial charge in [0.1, 0.15) is 5.75 Å². The van der Waals surface area contributed by atoms with E-state index < -0.39 is 28.0 Å². The fourth-order valence-corrected chi connectivity index (χ4v) is 4.10. The molecule has 3 aromatic rings. The highest BCUT2D eigenvalue weighted by atomic mass is 32.2. The van der Waals surface area contributed by atoms with Crippen LogP contribution < -0.4 is 14.8 Å². The molecule has 0 aliphatic carbocycles. The lowest BCUT2D eigenvalue weighted by atomic mass is 10.1. The van der Waals surface area contributed by atoms with E-state index in [1.807, 2.05) is 6.07 Å². The average Bonchev–Trinajstić information content (AvgIpc) is 2.70. The van der Waals surface area contributed by atoms with Crippen LogP contribution in [0.15, 0.2) is 71.6 Å². The number of benzene rings is 3. The van der Waals surface area contributed by atoms with Crippen molar-refractivity contribution >= 4 is 27.3 Å². The Kier molecular flexibility index (Phi) is 6.45. The predicted molar refractivity (Wildman–Crippen MR) is 114 cm³/mol. The van der Waals surface area contributed by atoms with E-state index in [0.717, 1.165) is 23.3 Å². The maximum absolute atomic E-state index is 12.7. The molecule has 0 aliphatic rings. The highest BCUT2D eigenvalue weighted by Gasteiger charge is 2.31. The molecule has 1 amide bonds. The molecule has 0 saturated heterocycles. The van der Waals surface area contributed by atoms with Crippen molar-refractivity contribution in [2.45, 2.75) is 25.1 Å². The summed E-state index contributed by atoms with van der Waals surface area (Å²) in [6, 6.07) is 15.4. The van der Waals surface area contributed by atoms with E-state index in [4.69, 9.17) is 0 Å². The van der Waals surface area contributed by atoms with Crippen LogP contribution >= 0.6 is 0 Å². The number of carbonyl (C=O) groups excluding carboxylic acids is 1. The fraction of sp³-hybridized carbons (Fsp3) is 0.136. The molecule has 32 heavy (non-hydrogen) atoms. The standard InChI is InChI=1S/C22H19F3N2O4S/c1-14-4-3-5-15(2)20(14)27-32(29,30)19-12-8-17(9-13-19)26-21(28)16-6-10-18(11-7-16)31-22(23,24)25/h3-13,27H,1-2H3,(H,26,28). The number of aryl methyl sites for hydroxylation is 2. The minimum atomic E-state index is -4.82. The van der Waals surface area contributed by atoms with Gasteiger partial charge >= 0.3 is 6.36 Å². The summed E-state index contributed by atoms with van der Waals surface area (Å²) in [6.45, 7) is 3.59. The van der Waals surface area contributed by atoms with E-state index in [-0.39, 0.29) is 10.5 Å². The fourth-order valence-electron chi connectivity index (χ4n) is 2.90. The smallest absolute Gasteiger partial charge is 0.406 e. The van der Waals surface area contributed by atoms with Gasteiger partial charge in [-0.15, -0.1) is 13.2 Å². The van der Waals surface area contributed by atoms with Gasteiger partial charge in [0.2, 0.25) is 0 Å². The van der Waals surface area contributed by atoms with Crippen LogP contribution in [-0.4, -0.2) is 20.7 Å². The van der Waals surface area contributed by atoms with E-state index in [9.17, 15) is 26.4 Å². The van der Waals surface area contributed by atoms with Crippen LogP contribution in [0.25, 0.3) is 0 Å². The number of carbonyl (C=O) groups is 1. The third-order valence-electron chi connectivity index (χ3n) is 4.49. The van der Waals surface area contributed by atoms with Gasteiger partial charge in [-0.3, -0.25) is 9.52 Å². The van der Waals surface area contributed by atoms with Crippen LogP contribution in [0.3, 0.4) is 0 Å². The molecule has 168 valence electrons. The number of amides is 1. The van der Waals surface area contributed by atoms with Crippen LogP contribution in [0.4, 0.5) is 24.5 Å². The largest absolute Gasteiger partial charge is 0.573 e. The number of para-hydroxylation sites is 1. The second-order valence-corrected chi connectivity index (χ2v) is 8.61. The van der Waals surface area contributed by atoms with Crippen LogP contribution in [0.5, 0.6) is 5.75 Å². The lowest BCUT2D eigenvalue weighted by Crippen LogP contribution is -2.17. The summed E-state index contributed by atoms with van der Waals surface area (Å²) < 4.78 is 68.4. The van der Waals surface area contributed by atoms with Crippen molar-refractivity contribution in [2.75, 3.05) is 10.0 Å². The third kappa shape index (κ3) is 5.79. The Morgan fingerprint density at radius 1 is 0.875 bits per heavy atom. The lowest BCUT2D eigenvalue weighted by molar-refractivity contribution is -0.274. The van der Waals surface area contributed by atoms with Gasteiger partial charge in [-0.2, -0.15) is 0 Å². The molecule has 0 aliphatic heterocycles. The van der Waals surface area contributed by atoms with Gasteiger partial charge in [0, 0.05) is 11.3 Å². The third-order valence-corrected chi connectivity index (χ3v) is 5.86. The Labute approximate surface area is 183 Å². The van der Waals surface area contributed by atoms with E-state index in [1.54, 1.807) is 26.0 Å². The second-order valence-electron chi connectivity index (χ2n) is 6.92. The number of ether oxygens (including phenoxy) is 1. The molecule has 0 fully saturated rings. The summed E-state index contributed by atoms with van der Waals surface area (Å²) in [5.41, 5.74) is 2.49. The Bertz CT molecular complexity index is 1200. The van der Waals surface area contributed by atoms with Gasteiger partial charge in [-0.1, -0.05) is 18.2 Å². The number of hydrogen-bond donors (Lipinski definition) is 2. The Balaban J connectivity index is 1.69. The lowest BCUT2D eigenvalue weighted by Gasteiger charge is -2.13. The Morgan fingerprint density at radius 3 is 1.97 bits per heavy atom. The van der Waals surface area contributed by atoms with Crippen molar-refractivity contribution in [3.05, 3.63) is 83.4 Å². The zero-order chi connectivity index (χ0) is 23.5. The summed E-state index contributed by atoms with van der Waals surface area (Å²) in [6.07, 6.45) is -4.82. The van der Waals surface area contributed by atoms with Crippen LogP contribution in [0, 0.1) is 13.8 Å². The van der Waals surface area contributed by atoms with Gasteiger partial charge in [0.05, 0.1) is 10.6 Å². The zero-order valence-corrected chi connectivity index (χ0v) is 17.8. The summed E-state index contributed by atoms with van der Waals surface area (Å²) in [5.74, 6) is -1.02. The van der Waals surface area contributed by atoms with E-state index in [2.05, 4.69) is 14.8 Å². The topological polar surface area (TPSA) is 84.5 Å². The maximum Gasteiger partial charge on any atom is 0.573 e. The molecule has 3 aromatic carbocycles. The molecule has 3 rings (SSSR count). The van der Waals surface area contributed by atoms with Crippen LogP contribution in [0.2, 0.25) is 0 Å². The molecule has 0 saturated carbocycles. The van der Waals surface area contributed by atoms with E-state index >= 15 is 0 Å². The summed E-state index contributed by atoms with van der Waals surface area (Å²) >= 11 is 0. The average molecular weight is 464 g/mol. The molecule has 0 heterocycles. The van der Waals surface area contributed by atoms with E-state index in [0.29, 0.717) is 11.4 Å². The van der Waals surface area contributed by atoms with Crippen molar-refractivity contribution < 1.29 is 31.1 Å². The van der Waals surface area contributed by atoms with Crippen molar-refractivity contribution in [3.8, 4) is 5.75 Å². The molecular weight excluding hydrogens is 445 g/mol. The Hall–Kier alpha value is -3.53. The molecule has 0 aromatic heterocycles. The SMILES string of the molecule is Cc1cccc(C)c1NS(=O)(=O)c1ccc(NC(=O)c2ccc(OC(F)(F)F)cc2)cc1. The van der Waals surface area contributed by atoms with Crippen molar-refractivity contribution in [2.24, 2.45) is 0 Å². The molecule has 0 atom stereocenters. The maximum atomic E-state index is 12.7. The van der Waals surface area contributed by atoms with Crippen molar-refractivity contribution in [1.82, 2.24) is 0 Å². The summed E-state index contributed by atoms with van der Waals surface area (Å²) in [4.78, 5) is 12.3. The molecule has 6 nitrogen and oxygen atoms in total. The van der Waals surface area contributed by atoms with E-state index in [1.165, 1.54) is 36.4 Å². The monoisotopic (exact) mass is 464 g/mol. The first-order chi connectivity index (χ1) is 14.9. The first-order valence-corrected chi connectivity index (χ1v) is 10.8. The molecule has 0 spiro atoms. The normalized spacial score (nSPS) is 11.7. The first kappa shape index (κ1) is 23.1. The van der Waals surface area contributed by atoms with Crippen molar-refractivity contribution in [3.63, 3.8) is 0 Å². The number of nitrogens with one attached hydrogen (secondary N) is 2. The Morgan fingerprint density at radius 2 is 1.44 bits per heavy atom. The number of halogens is 3. The minimum Gasteiger partial charge on any atom is -0.406 e. The van der Waals surface area contributed by atoms with Crippen LogP contribution in [-0.2, 0) is 10.0 Å². The molecule has 0 unspecified atom stereocenters. The zero-order valence-electron chi connectivity index (χ0n) is 17.0. The minimum absolute atomic E-state index is 0.00630. The van der Waals surface area contributed by atoms with Crippen molar-refractivity contribution in [1.29, 1.82) is 0 Å². The highest BCUT2D eigenvalue weighted by molar-refractivity contribution is 7.92. The molecular formula is C22H19F3N2O4S. The summed E-state index contributed by atoms with van der Waals surface area (Å²) in [5, 5.41) is 2.56. The predicted octanol–water partition coefficient (Wildman–Crippen LogP) is 5.26. The summed E-state index contributed by atoms with van der Waals surface area (Å²) in [7, 11) is -3.84. The van der Waals surface area contributed by atoms with Gasteiger partial charge in [0.15, 0.2) is 0 Å². The number of sulfonamides is 1. The number of rotatable bonds is 6. The molecule has 2 N–H and O–H groups in total. The molecule has 0 radical (unpaired) electrons. The van der Waals surface area contributed by atoms with Crippen LogP contribution in [0.1, 0.15) is 21.5 Å².